The molecular weight excluding hydrogens is 126 g/mol. The molecule has 0 aliphatic heterocycles. The molecule has 62 valence electrons. The minimum absolute atomic E-state index is 0.171. The zero-order valence-electron chi connectivity index (χ0n) is 7.48. The van der Waals surface area contributed by atoms with Crippen molar-refractivity contribution in [3.8, 4) is 0 Å². The number of nitrogens with two attached hydrogens (primary N) is 1. The van der Waals surface area contributed by atoms with Gasteiger partial charge in [-0.2, -0.15) is 0 Å². The molecule has 0 aromatic carbocycles. The van der Waals surface area contributed by atoms with Gasteiger partial charge < -0.3 is 10.5 Å². The lowest BCUT2D eigenvalue weighted by Crippen LogP contribution is -2.46. The molecule has 0 aliphatic rings. The second-order valence-corrected chi connectivity index (χ2v) is 3.30. The maximum absolute atomic E-state index is 5.92. The van der Waals surface area contributed by atoms with Gasteiger partial charge in [-0.1, -0.05) is 13.8 Å². The summed E-state index contributed by atoms with van der Waals surface area (Å²) in [5.74, 6) is 0.471. The second kappa shape index (κ2) is 3.94. The van der Waals surface area contributed by atoms with Crippen LogP contribution in [0.2, 0.25) is 0 Å². The largest absolute Gasteiger partial charge is 0.380 e. The van der Waals surface area contributed by atoms with Crippen molar-refractivity contribution in [2.24, 2.45) is 11.7 Å². The van der Waals surface area contributed by atoms with Gasteiger partial charge in [0.05, 0.1) is 6.61 Å². The van der Waals surface area contributed by atoms with Gasteiger partial charge in [-0.15, -0.1) is 0 Å². The van der Waals surface area contributed by atoms with E-state index < -0.39 is 0 Å². The van der Waals surface area contributed by atoms with Gasteiger partial charge >= 0.3 is 0 Å². The fourth-order valence-electron chi connectivity index (χ4n) is 0.489. The van der Waals surface area contributed by atoms with E-state index >= 15 is 0 Å². The summed E-state index contributed by atoms with van der Waals surface area (Å²) in [6.45, 7) is 9.63. The zero-order valence-corrected chi connectivity index (χ0v) is 7.48. The van der Waals surface area contributed by atoms with Crippen molar-refractivity contribution in [1.29, 1.82) is 0 Å². The first-order valence-corrected chi connectivity index (χ1v) is 3.87. The normalized spacial score (nSPS) is 17.4. The molecule has 0 fully saturated rings. The van der Waals surface area contributed by atoms with Crippen molar-refractivity contribution < 1.29 is 4.74 Å². The fraction of sp³-hybridized carbons (Fsp3) is 1.00. The molecule has 0 amide bonds. The van der Waals surface area contributed by atoms with Crippen LogP contribution in [-0.2, 0) is 4.74 Å². The third-order valence-electron chi connectivity index (χ3n) is 1.94. The first-order valence-electron chi connectivity index (χ1n) is 3.87. The van der Waals surface area contributed by atoms with E-state index in [2.05, 4.69) is 13.8 Å². The third-order valence-corrected chi connectivity index (χ3v) is 1.94. The van der Waals surface area contributed by atoms with Crippen LogP contribution in [0.3, 0.4) is 0 Å². The molecule has 1 atom stereocenters. The highest BCUT2D eigenvalue weighted by atomic mass is 16.5. The quantitative estimate of drug-likeness (QED) is 0.649. The fourth-order valence-corrected chi connectivity index (χ4v) is 0.489. The first kappa shape index (κ1) is 9.92. The third kappa shape index (κ3) is 3.18. The molecule has 0 radical (unpaired) electrons. The summed E-state index contributed by atoms with van der Waals surface area (Å²) in [4.78, 5) is 0. The molecule has 0 spiro atoms. The van der Waals surface area contributed by atoms with E-state index in [0.717, 1.165) is 6.61 Å². The topological polar surface area (TPSA) is 35.2 Å². The Bertz CT molecular complexity index is 89.3. The number of ether oxygens (including phenoxy) is 1. The van der Waals surface area contributed by atoms with Crippen molar-refractivity contribution in [2.75, 3.05) is 13.2 Å². The van der Waals surface area contributed by atoms with Gasteiger partial charge in [0.2, 0.25) is 0 Å². The van der Waals surface area contributed by atoms with Crippen molar-refractivity contribution >= 4 is 0 Å². The summed E-state index contributed by atoms with van der Waals surface area (Å²) in [5, 5.41) is 0. The molecule has 0 aromatic heterocycles. The summed E-state index contributed by atoms with van der Waals surface area (Å²) >= 11 is 0. The summed E-state index contributed by atoms with van der Waals surface area (Å²) in [7, 11) is 0. The van der Waals surface area contributed by atoms with Crippen molar-refractivity contribution in [3.05, 3.63) is 0 Å². The van der Waals surface area contributed by atoms with Gasteiger partial charge in [0.1, 0.15) is 0 Å². The molecular formula is C8H19NO. The van der Waals surface area contributed by atoms with Gasteiger partial charge in [0.25, 0.3) is 0 Å². The maximum Gasteiger partial charge on any atom is 0.0645 e. The minimum Gasteiger partial charge on any atom is -0.380 e. The Balaban J connectivity index is 3.63. The summed E-state index contributed by atoms with van der Waals surface area (Å²) in [5.41, 5.74) is 5.75. The Kier molecular flexibility index (Phi) is 3.91. The van der Waals surface area contributed by atoms with Crippen LogP contribution in [-0.4, -0.2) is 18.8 Å². The molecule has 10 heavy (non-hydrogen) atoms. The molecule has 2 N–H and O–H groups in total. The smallest absolute Gasteiger partial charge is 0.0645 e. The Hall–Kier alpha value is -0.0800. The van der Waals surface area contributed by atoms with E-state index in [0.29, 0.717) is 12.5 Å². The second-order valence-electron chi connectivity index (χ2n) is 3.30. The van der Waals surface area contributed by atoms with Gasteiger partial charge in [0.15, 0.2) is 0 Å². The van der Waals surface area contributed by atoms with Gasteiger partial charge in [-0.3, -0.25) is 0 Å². The highest BCUT2D eigenvalue weighted by Gasteiger charge is 2.22. The summed E-state index contributed by atoms with van der Waals surface area (Å²) < 4.78 is 5.23. The standard InChI is InChI=1S/C8H19NO/c1-5-10-6-8(4,9)7(2)3/h7H,5-6,9H2,1-4H3. The highest BCUT2D eigenvalue weighted by molar-refractivity contribution is 4.81. The van der Waals surface area contributed by atoms with Gasteiger partial charge in [-0.25, -0.2) is 0 Å². The van der Waals surface area contributed by atoms with E-state index in [1.165, 1.54) is 0 Å². The lowest BCUT2D eigenvalue weighted by Gasteiger charge is -2.28. The van der Waals surface area contributed by atoms with Crippen LogP contribution in [0.25, 0.3) is 0 Å². The van der Waals surface area contributed by atoms with E-state index in [-0.39, 0.29) is 5.54 Å². The average Bonchev–Trinajstić information content (AvgIpc) is 1.84. The van der Waals surface area contributed by atoms with E-state index in [1.54, 1.807) is 0 Å². The molecule has 0 saturated carbocycles. The van der Waals surface area contributed by atoms with Crippen LogP contribution < -0.4 is 5.73 Å². The van der Waals surface area contributed by atoms with Crippen molar-refractivity contribution in [2.45, 2.75) is 33.2 Å². The molecule has 0 aromatic rings. The van der Waals surface area contributed by atoms with Gasteiger partial charge in [-0.05, 0) is 19.8 Å². The Morgan fingerprint density at radius 1 is 1.50 bits per heavy atom. The number of rotatable bonds is 4. The lowest BCUT2D eigenvalue weighted by atomic mass is 9.91. The van der Waals surface area contributed by atoms with Crippen LogP contribution in [0.5, 0.6) is 0 Å². The lowest BCUT2D eigenvalue weighted by molar-refractivity contribution is 0.0819. The van der Waals surface area contributed by atoms with Crippen LogP contribution in [0, 0.1) is 5.92 Å². The monoisotopic (exact) mass is 145 g/mol. The molecule has 0 rings (SSSR count). The average molecular weight is 145 g/mol. The molecule has 1 unspecified atom stereocenters. The Labute approximate surface area is 63.7 Å². The zero-order chi connectivity index (χ0) is 8.20. The van der Waals surface area contributed by atoms with E-state index in [1.807, 2.05) is 13.8 Å². The van der Waals surface area contributed by atoms with Crippen molar-refractivity contribution in [1.82, 2.24) is 0 Å². The first-order chi connectivity index (χ1) is 4.50. The Morgan fingerprint density at radius 3 is 2.30 bits per heavy atom. The molecule has 0 heterocycles. The molecule has 0 bridgehead atoms. The predicted molar refractivity (Wildman–Crippen MR) is 43.9 cm³/mol. The SMILES string of the molecule is CCOCC(C)(N)C(C)C. The van der Waals surface area contributed by atoms with Crippen LogP contribution in [0.15, 0.2) is 0 Å². The summed E-state index contributed by atoms with van der Waals surface area (Å²) in [6, 6.07) is 0. The van der Waals surface area contributed by atoms with Gasteiger partial charge in [0, 0.05) is 12.1 Å². The molecule has 2 nitrogen and oxygen atoms in total. The highest BCUT2D eigenvalue weighted by Crippen LogP contribution is 2.12. The van der Waals surface area contributed by atoms with Crippen LogP contribution >= 0.6 is 0 Å². The van der Waals surface area contributed by atoms with Crippen LogP contribution in [0.4, 0.5) is 0 Å². The van der Waals surface area contributed by atoms with Crippen molar-refractivity contribution in [3.63, 3.8) is 0 Å². The molecule has 0 saturated heterocycles. The predicted octanol–water partition coefficient (Wildman–Crippen LogP) is 1.40. The number of hydrogen-bond donors (Lipinski definition) is 1. The minimum atomic E-state index is -0.171. The van der Waals surface area contributed by atoms with Crippen LogP contribution in [0.1, 0.15) is 27.7 Å². The maximum atomic E-state index is 5.92. The summed E-state index contributed by atoms with van der Waals surface area (Å²) in [6.07, 6.45) is 0. The Morgan fingerprint density at radius 2 is 2.00 bits per heavy atom. The molecule has 0 aliphatic carbocycles. The number of hydrogen-bond acceptors (Lipinski definition) is 2. The van der Waals surface area contributed by atoms with E-state index in [9.17, 15) is 0 Å². The molecule has 2 heteroatoms. The van der Waals surface area contributed by atoms with E-state index in [4.69, 9.17) is 10.5 Å².